The maximum absolute atomic E-state index is 14.6. The smallest absolute Gasteiger partial charge is 0.405 e. The van der Waals surface area contributed by atoms with Crippen LogP contribution in [0.2, 0.25) is 18.1 Å². The van der Waals surface area contributed by atoms with Crippen LogP contribution in [0.25, 0.3) is 11.1 Å². The van der Waals surface area contributed by atoms with Gasteiger partial charge in [0.15, 0.2) is 14.0 Å². The predicted octanol–water partition coefficient (Wildman–Crippen LogP) is 8.08. The van der Waals surface area contributed by atoms with E-state index >= 15 is 0 Å². The molecule has 10 nitrogen and oxygen atoms in total. The molecular weight excluding hydrogens is 712 g/mol. The first kappa shape index (κ1) is 40.1. The van der Waals surface area contributed by atoms with Crippen LogP contribution >= 0.6 is 0 Å². The summed E-state index contributed by atoms with van der Waals surface area (Å²) >= 11 is 0. The lowest BCUT2D eigenvalue weighted by atomic mass is 9.95. The van der Waals surface area contributed by atoms with E-state index in [2.05, 4.69) is 19.8 Å². The molecule has 2 aromatic heterocycles. The fourth-order valence-corrected chi connectivity index (χ4v) is 8.16. The summed E-state index contributed by atoms with van der Waals surface area (Å²) in [7, 11) is -4.17. The first-order valence-corrected chi connectivity index (χ1v) is 21.2. The average molecular weight is 757 g/mol. The number of carbonyl (C=O) groups excluding carboxylic acids is 2. The monoisotopic (exact) mass is 756 g/mol. The van der Waals surface area contributed by atoms with Gasteiger partial charge in [-0.15, -0.1) is 0 Å². The molecule has 3 heterocycles. The number of hydrogen-bond acceptors (Lipinski definition) is 7. The highest BCUT2D eigenvalue weighted by Gasteiger charge is 2.42. The summed E-state index contributed by atoms with van der Waals surface area (Å²) in [6.07, 6.45) is -3.17. The molecule has 0 aliphatic carbocycles. The van der Waals surface area contributed by atoms with Crippen LogP contribution in [0.4, 0.5) is 33.5 Å². The van der Waals surface area contributed by atoms with Crippen LogP contribution in [-0.4, -0.2) is 70.5 Å². The van der Waals surface area contributed by atoms with Crippen molar-refractivity contribution in [2.24, 2.45) is 11.4 Å². The summed E-state index contributed by atoms with van der Waals surface area (Å²) in [6, 6.07) is 5.79. The van der Waals surface area contributed by atoms with Gasteiger partial charge in [0.25, 0.3) is 11.8 Å². The van der Waals surface area contributed by atoms with Gasteiger partial charge in [-0.3, -0.25) is 14.3 Å². The number of nitrogens with one attached hydrogen (secondary N) is 1. The Bertz CT molecular complexity index is 1930. The Morgan fingerprint density at radius 1 is 1.14 bits per heavy atom. The lowest BCUT2D eigenvalue weighted by Gasteiger charge is -2.37. The van der Waals surface area contributed by atoms with Crippen molar-refractivity contribution >= 4 is 41.4 Å². The molecule has 2 atom stereocenters. The van der Waals surface area contributed by atoms with Crippen LogP contribution in [0, 0.1) is 6.92 Å². The van der Waals surface area contributed by atoms with Crippen molar-refractivity contribution in [2.45, 2.75) is 95.1 Å². The van der Waals surface area contributed by atoms with Gasteiger partial charge in [-0.1, -0.05) is 26.8 Å². The fourth-order valence-electron chi connectivity index (χ4n) is 5.54. The molecule has 1 aromatic carbocycles. The molecule has 0 unspecified atom stereocenters. The zero-order valence-electron chi connectivity index (χ0n) is 30.2. The standard InChI is InChI=1S/C34H45F5N6O4SSi/c1-21-26(23-19-40-44(6)20-23)28(34(37,38)39)42-29(45-16-11-14-33(35,36)15-17-45)27(21)31(47)41-24-12-10-13-25(18-24)50(7,48)43-30(46)22(2)49-51(8,9)32(3,4)5/h10,12-13,18-20,22H,11,14-17H2,1-9H3,(H,41,47)/t22-,50-/m1/s1. The number of anilines is 2. The second-order valence-corrected chi connectivity index (χ2v) is 21.5. The van der Waals surface area contributed by atoms with Gasteiger partial charge in [-0.05, 0) is 62.2 Å². The second-order valence-electron chi connectivity index (χ2n) is 14.5. The molecule has 1 fully saturated rings. The van der Waals surface area contributed by atoms with Gasteiger partial charge in [0.2, 0.25) is 5.92 Å². The summed E-state index contributed by atoms with van der Waals surface area (Å²) in [5.74, 6) is -4.98. The number of hydrogen-bond donors (Lipinski definition) is 1. The van der Waals surface area contributed by atoms with Gasteiger partial charge in [0.1, 0.15) is 11.9 Å². The fraction of sp³-hybridized carbons (Fsp3) is 0.529. The quantitative estimate of drug-likeness (QED) is 0.182. The molecule has 0 radical (unpaired) electrons. The Labute approximate surface area is 296 Å². The van der Waals surface area contributed by atoms with Gasteiger partial charge < -0.3 is 14.6 Å². The number of rotatable bonds is 8. The van der Waals surface area contributed by atoms with Crippen LogP contribution in [-0.2, 0) is 32.2 Å². The molecule has 4 rings (SSSR count). The van der Waals surface area contributed by atoms with Crippen molar-refractivity contribution in [3.8, 4) is 11.1 Å². The lowest BCUT2D eigenvalue weighted by molar-refractivity contribution is -0.140. The topological polar surface area (TPSA) is 119 Å². The van der Waals surface area contributed by atoms with Gasteiger partial charge in [0.05, 0.1) is 21.5 Å². The lowest BCUT2D eigenvalue weighted by Crippen LogP contribution is -2.45. The van der Waals surface area contributed by atoms with Gasteiger partial charge in [-0.25, -0.2) is 18.0 Å². The molecule has 2 amide bonds. The van der Waals surface area contributed by atoms with E-state index in [1.165, 1.54) is 66.5 Å². The molecule has 280 valence electrons. The minimum absolute atomic E-state index is 0.0326. The van der Waals surface area contributed by atoms with Crippen molar-refractivity contribution in [3.63, 3.8) is 0 Å². The van der Waals surface area contributed by atoms with E-state index < -0.39 is 66.6 Å². The summed E-state index contributed by atoms with van der Waals surface area (Å²) in [4.78, 5) is 32.5. The Morgan fingerprint density at radius 3 is 2.39 bits per heavy atom. The molecule has 1 N–H and O–H groups in total. The molecule has 51 heavy (non-hydrogen) atoms. The maximum atomic E-state index is 14.6. The Hall–Kier alpha value is -3.70. The molecule has 0 spiro atoms. The Kier molecular flexibility index (Phi) is 11.3. The van der Waals surface area contributed by atoms with Gasteiger partial charge >= 0.3 is 6.18 Å². The van der Waals surface area contributed by atoms with E-state index in [0.717, 1.165) is 0 Å². The highest BCUT2D eigenvalue weighted by atomic mass is 32.2. The van der Waals surface area contributed by atoms with E-state index in [0.29, 0.717) is 0 Å². The highest BCUT2D eigenvalue weighted by molar-refractivity contribution is 7.93. The first-order chi connectivity index (χ1) is 23.3. The number of benzene rings is 1. The number of nitrogens with zero attached hydrogens (tertiary/aromatic N) is 5. The number of aryl methyl sites for hydroxylation is 1. The summed E-state index contributed by atoms with van der Waals surface area (Å²) in [5.41, 5.74) is -1.81. The Balaban J connectivity index is 1.77. The van der Waals surface area contributed by atoms with E-state index in [-0.39, 0.29) is 63.2 Å². The number of carbonyl (C=O) groups is 2. The predicted molar refractivity (Wildman–Crippen MR) is 189 cm³/mol. The van der Waals surface area contributed by atoms with Crippen LogP contribution in [0.5, 0.6) is 0 Å². The van der Waals surface area contributed by atoms with Gasteiger partial charge in [0, 0.05) is 67.1 Å². The molecule has 1 aliphatic heterocycles. The van der Waals surface area contributed by atoms with Gasteiger partial charge in [-0.2, -0.15) is 22.6 Å². The van der Waals surface area contributed by atoms with Crippen molar-refractivity contribution in [1.82, 2.24) is 14.8 Å². The molecule has 3 aromatic rings. The number of alkyl halides is 5. The highest BCUT2D eigenvalue weighted by Crippen LogP contribution is 2.43. The van der Waals surface area contributed by atoms with Crippen LogP contribution in [0.3, 0.4) is 0 Å². The first-order valence-electron chi connectivity index (χ1n) is 16.4. The molecule has 0 bridgehead atoms. The number of pyridine rings is 1. The largest absolute Gasteiger partial charge is 0.434 e. The molecular formula is C34H45F5N6O4SSi. The maximum Gasteiger partial charge on any atom is 0.434 e. The Morgan fingerprint density at radius 2 is 1.80 bits per heavy atom. The summed E-state index contributed by atoms with van der Waals surface area (Å²) < 4.78 is 97.6. The summed E-state index contributed by atoms with van der Waals surface area (Å²) in [6.45, 7) is 12.5. The third-order valence-electron chi connectivity index (χ3n) is 9.35. The number of aromatic nitrogens is 3. The van der Waals surface area contributed by atoms with Crippen molar-refractivity contribution < 1.29 is 40.2 Å². The van der Waals surface area contributed by atoms with E-state index in [4.69, 9.17) is 4.43 Å². The molecule has 1 aliphatic rings. The minimum Gasteiger partial charge on any atom is -0.405 e. The molecule has 0 saturated carbocycles. The van der Waals surface area contributed by atoms with E-state index in [9.17, 15) is 35.8 Å². The third-order valence-corrected chi connectivity index (χ3v) is 15.6. The normalized spacial score (nSPS) is 17.3. The molecule has 17 heteroatoms. The molecule has 1 saturated heterocycles. The van der Waals surface area contributed by atoms with Crippen LogP contribution < -0.4 is 10.2 Å². The second kappa shape index (κ2) is 14.4. The third kappa shape index (κ3) is 9.21. The van der Waals surface area contributed by atoms with Crippen molar-refractivity contribution in [2.75, 3.05) is 29.6 Å². The number of halogens is 5. The zero-order chi connectivity index (χ0) is 38.3. The zero-order valence-corrected chi connectivity index (χ0v) is 32.1. The SMILES string of the molecule is Cc1c(C(=O)Nc2cccc([S@@](C)(=O)=NC(=O)[C@@H](C)O[Si](C)(C)C(C)(C)C)c2)c(N2CCCC(F)(F)CC2)nc(C(F)(F)F)c1-c1cnn(C)c1. The van der Waals surface area contributed by atoms with E-state index in [1.54, 1.807) is 6.92 Å². The minimum atomic E-state index is -4.96. The van der Waals surface area contributed by atoms with Crippen molar-refractivity contribution in [1.29, 1.82) is 0 Å². The average Bonchev–Trinajstić information content (AvgIpc) is 3.33. The summed E-state index contributed by atoms with van der Waals surface area (Å²) in [5, 5.41) is 6.47. The number of amides is 2. The van der Waals surface area contributed by atoms with Crippen LogP contribution in [0.15, 0.2) is 45.9 Å². The van der Waals surface area contributed by atoms with Crippen LogP contribution in [0.1, 0.15) is 68.6 Å². The van der Waals surface area contributed by atoms with E-state index in [1.807, 2.05) is 33.9 Å². The van der Waals surface area contributed by atoms with Crippen molar-refractivity contribution in [3.05, 3.63) is 53.5 Å².